The Hall–Kier alpha value is -4.19. The van der Waals surface area contributed by atoms with Gasteiger partial charge < -0.3 is 15.2 Å². The number of aliphatic imine (C=N–C) groups is 1. The van der Waals surface area contributed by atoms with Crippen molar-refractivity contribution in [1.82, 2.24) is 0 Å². The Morgan fingerprint density at radius 3 is 2.21 bits per heavy atom. The van der Waals surface area contributed by atoms with Crippen molar-refractivity contribution in [3.05, 3.63) is 94.1 Å². The van der Waals surface area contributed by atoms with Crippen LogP contribution in [-0.4, -0.2) is 29.1 Å². The predicted octanol–water partition coefficient (Wildman–Crippen LogP) is 5.89. The van der Waals surface area contributed by atoms with Crippen LogP contribution in [0.4, 0.5) is 11.4 Å². The van der Waals surface area contributed by atoms with Crippen molar-refractivity contribution < 1.29 is 19.4 Å². The second kappa shape index (κ2) is 9.35. The Kier molecular flexibility index (Phi) is 6.32. The molecular formula is C28H26N2O4. The van der Waals surface area contributed by atoms with Crippen LogP contribution in [0, 0.1) is 20.8 Å². The average molecular weight is 455 g/mol. The summed E-state index contributed by atoms with van der Waals surface area (Å²) in [4.78, 5) is 31.5. The monoisotopic (exact) mass is 454 g/mol. The van der Waals surface area contributed by atoms with E-state index < -0.39 is 11.7 Å². The van der Waals surface area contributed by atoms with Gasteiger partial charge in [0.15, 0.2) is 0 Å². The quantitative estimate of drug-likeness (QED) is 0.503. The molecule has 3 aromatic carbocycles. The fraction of sp³-hybridized carbons (Fsp3) is 0.179. The summed E-state index contributed by atoms with van der Waals surface area (Å²) in [6.07, 6.45) is 0. The van der Waals surface area contributed by atoms with Crippen molar-refractivity contribution in [3.63, 3.8) is 0 Å². The molecule has 6 heteroatoms. The number of carbonyl (C=O) groups is 2. The van der Waals surface area contributed by atoms with E-state index in [0.717, 1.165) is 16.7 Å². The van der Waals surface area contributed by atoms with Gasteiger partial charge in [0.2, 0.25) is 5.78 Å². The Morgan fingerprint density at radius 1 is 0.971 bits per heavy atom. The van der Waals surface area contributed by atoms with Gasteiger partial charge in [-0.2, -0.15) is 0 Å². The highest BCUT2D eigenvalue weighted by atomic mass is 16.5. The maximum Gasteiger partial charge on any atom is 0.261 e. The number of benzene rings is 3. The van der Waals surface area contributed by atoms with Crippen LogP contribution in [0.1, 0.15) is 39.5 Å². The Balaban J connectivity index is 1.82. The molecule has 0 unspecified atom stereocenters. The van der Waals surface area contributed by atoms with E-state index in [1.807, 2.05) is 39.8 Å². The number of nitrogens with one attached hydrogen (secondary N) is 1. The zero-order valence-electron chi connectivity index (χ0n) is 19.6. The number of hydrogen-bond acceptors (Lipinski definition) is 5. The van der Waals surface area contributed by atoms with Crippen molar-refractivity contribution in [1.29, 1.82) is 0 Å². The van der Waals surface area contributed by atoms with Gasteiger partial charge >= 0.3 is 0 Å². The van der Waals surface area contributed by atoms with Crippen molar-refractivity contribution in [3.8, 4) is 5.75 Å². The first kappa shape index (κ1) is 23.0. The fourth-order valence-electron chi connectivity index (χ4n) is 4.15. The summed E-state index contributed by atoms with van der Waals surface area (Å²) in [6.45, 7) is 8.22. The van der Waals surface area contributed by atoms with Crippen LogP contribution in [-0.2, 0) is 4.79 Å². The Bertz CT molecular complexity index is 1330. The maximum atomic E-state index is 13.5. The van der Waals surface area contributed by atoms with E-state index in [1.165, 1.54) is 0 Å². The maximum absolute atomic E-state index is 13.5. The molecule has 4 rings (SSSR count). The molecule has 0 saturated heterocycles. The number of hydrogen-bond donors (Lipinski definition) is 2. The molecule has 0 bridgehead atoms. The Morgan fingerprint density at radius 2 is 1.59 bits per heavy atom. The topological polar surface area (TPSA) is 88.0 Å². The Labute approximate surface area is 198 Å². The van der Waals surface area contributed by atoms with Gasteiger partial charge in [-0.15, -0.1) is 0 Å². The van der Waals surface area contributed by atoms with E-state index in [0.29, 0.717) is 34.9 Å². The third kappa shape index (κ3) is 4.35. The molecule has 0 saturated carbocycles. The zero-order chi connectivity index (χ0) is 24.4. The largest absolute Gasteiger partial charge is 0.506 e. The minimum absolute atomic E-state index is 0.0883. The molecular weight excluding hydrogens is 428 g/mol. The molecule has 0 aromatic heterocycles. The number of ether oxygens (including phenoxy) is 1. The van der Waals surface area contributed by atoms with Crippen LogP contribution in [0.15, 0.2) is 71.2 Å². The van der Waals surface area contributed by atoms with Crippen LogP contribution in [0.3, 0.4) is 0 Å². The SMILES string of the molecule is CCOc1ccc(NC(=O)C2=C(O)c3ccccc3C(=O)C2=Nc2c(C)cc(C)cc2C)cc1. The van der Waals surface area contributed by atoms with E-state index in [-0.39, 0.29) is 17.0 Å². The number of Topliss-reactive ketones (excluding diaryl/α,β-unsaturated/α-hetero) is 1. The number of nitrogens with zero attached hydrogens (tertiary/aromatic N) is 1. The fourth-order valence-corrected chi connectivity index (χ4v) is 4.15. The summed E-state index contributed by atoms with van der Waals surface area (Å²) in [5.41, 5.74) is 4.30. The van der Waals surface area contributed by atoms with E-state index in [2.05, 4.69) is 10.3 Å². The second-order valence-electron chi connectivity index (χ2n) is 8.22. The third-order valence-electron chi connectivity index (χ3n) is 5.62. The lowest BCUT2D eigenvalue weighted by Gasteiger charge is -2.21. The summed E-state index contributed by atoms with van der Waals surface area (Å²) in [5, 5.41) is 13.9. The number of aliphatic hydroxyl groups is 1. The van der Waals surface area contributed by atoms with Gasteiger partial charge in [-0.25, -0.2) is 4.99 Å². The molecule has 6 nitrogen and oxygen atoms in total. The molecule has 1 amide bonds. The molecule has 0 aliphatic heterocycles. The van der Waals surface area contributed by atoms with Crippen LogP contribution >= 0.6 is 0 Å². The molecule has 0 spiro atoms. The highest BCUT2D eigenvalue weighted by Gasteiger charge is 2.35. The van der Waals surface area contributed by atoms with Crippen molar-refractivity contribution >= 4 is 34.5 Å². The van der Waals surface area contributed by atoms with Gasteiger partial charge in [-0.1, -0.05) is 42.0 Å². The molecule has 0 heterocycles. The summed E-state index contributed by atoms with van der Waals surface area (Å²) in [5.74, 6) is -0.632. The first-order valence-corrected chi connectivity index (χ1v) is 11.1. The van der Waals surface area contributed by atoms with Gasteiger partial charge in [0, 0.05) is 16.8 Å². The standard InChI is InChI=1S/C28H26N2O4/c1-5-34-20-12-10-19(11-13-20)29-28(33)23-25(30-24-17(3)14-16(2)15-18(24)4)27(32)22-9-7-6-8-21(22)26(23)31/h6-15,31H,5H2,1-4H3,(H,29,33). The van der Waals surface area contributed by atoms with Crippen LogP contribution in [0.2, 0.25) is 0 Å². The predicted molar refractivity (Wildman–Crippen MR) is 134 cm³/mol. The van der Waals surface area contributed by atoms with Gasteiger partial charge in [-0.05, 0) is 63.1 Å². The first-order valence-electron chi connectivity index (χ1n) is 11.1. The molecule has 34 heavy (non-hydrogen) atoms. The normalized spacial score (nSPS) is 14.2. The minimum atomic E-state index is -0.620. The lowest BCUT2D eigenvalue weighted by Crippen LogP contribution is -2.31. The van der Waals surface area contributed by atoms with E-state index >= 15 is 0 Å². The van der Waals surface area contributed by atoms with Gasteiger partial charge in [0.25, 0.3) is 5.91 Å². The highest BCUT2D eigenvalue weighted by molar-refractivity contribution is 6.60. The number of aryl methyl sites for hydroxylation is 3. The van der Waals surface area contributed by atoms with Gasteiger partial charge in [0.1, 0.15) is 22.8 Å². The molecule has 1 aliphatic rings. The number of rotatable bonds is 5. The van der Waals surface area contributed by atoms with E-state index in [9.17, 15) is 14.7 Å². The zero-order valence-corrected chi connectivity index (χ0v) is 19.6. The summed E-state index contributed by atoms with van der Waals surface area (Å²) in [6, 6.07) is 17.5. The second-order valence-corrected chi connectivity index (χ2v) is 8.22. The number of carbonyl (C=O) groups excluding carboxylic acids is 2. The smallest absolute Gasteiger partial charge is 0.261 e. The lowest BCUT2D eigenvalue weighted by molar-refractivity contribution is -0.112. The number of ketones is 1. The molecule has 0 fully saturated rings. The number of aliphatic hydroxyl groups excluding tert-OH is 1. The van der Waals surface area contributed by atoms with Crippen molar-refractivity contribution in [2.75, 3.05) is 11.9 Å². The molecule has 1 aliphatic carbocycles. The molecule has 3 aromatic rings. The van der Waals surface area contributed by atoms with Crippen LogP contribution in [0.25, 0.3) is 5.76 Å². The van der Waals surface area contributed by atoms with Crippen LogP contribution in [0.5, 0.6) is 5.75 Å². The van der Waals surface area contributed by atoms with E-state index in [1.54, 1.807) is 48.5 Å². The highest BCUT2D eigenvalue weighted by Crippen LogP contribution is 2.33. The summed E-state index contributed by atoms with van der Waals surface area (Å²) >= 11 is 0. The van der Waals surface area contributed by atoms with E-state index in [4.69, 9.17) is 4.74 Å². The van der Waals surface area contributed by atoms with Crippen LogP contribution < -0.4 is 10.1 Å². The number of fused-ring (bicyclic) bond motifs is 1. The molecule has 0 radical (unpaired) electrons. The summed E-state index contributed by atoms with van der Waals surface area (Å²) in [7, 11) is 0. The van der Waals surface area contributed by atoms with Crippen molar-refractivity contribution in [2.24, 2.45) is 4.99 Å². The minimum Gasteiger partial charge on any atom is -0.506 e. The number of anilines is 1. The lowest BCUT2D eigenvalue weighted by atomic mass is 9.87. The molecule has 172 valence electrons. The van der Waals surface area contributed by atoms with Gasteiger partial charge in [-0.3, -0.25) is 9.59 Å². The first-order chi connectivity index (χ1) is 16.3. The van der Waals surface area contributed by atoms with Crippen molar-refractivity contribution in [2.45, 2.75) is 27.7 Å². The molecule has 2 N–H and O–H groups in total. The van der Waals surface area contributed by atoms with Gasteiger partial charge in [0.05, 0.1) is 12.3 Å². The third-order valence-corrected chi connectivity index (χ3v) is 5.62. The average Bonchev–Trinajstić information content (AvgIpc) is 2.80. The summed E-state index contributed by atoms with van der Waals surface area (Å²) < 4.78 is 5.44. The molecule has 0 atom stereocenters. The number of amides is 1.